The Bertz CT molecular complexity index is 92.6. The van der Waals surface area contributed by atoms with Gasteiger partial charge in [0.2, 0.25) is 0 Å². The van der Waals surface area contributed by atoms with Gasteiger partial charge in [-0.25, -0.2) is 0 Å². The van der Waals surface area contributed by atoms with E-state index in [1.165, 1.54) is 25.7 Å². The third kappa shape index (κ3) is 2.00. The molecule has 59 valence electrons. The maximum Gasteiger partial charge on any atom is -0.0354 e. The molecule has 1 saturated carbocycles. The molecule has 0 heteroatoms. The average molecular weight is 139 g/mol. The van der Waals surface area contributed by atoms with E-state index < -0.39 is 0 Å². The molecule has 0 unspecified atom stereocenters. The Morgan fingerprint density at radius 1 is 1.20 bits per heavy atom. The smallest absolute Gasteiger partial charge is 0.0354 e. The van der Waals surface area contributed by atoms with Crippen LogP contribution in [0.5, 0.6) is 0 Å². The van der Waals surface area contributed by atoms with Crippen LogP contribution >= 0.6 is 0 Å². The summed E-state index contributed by atoms with van der Waals surface area (Å²) < 4.78 is 0. The summed E-state index contributed by atoms with van der Waals surface area (Å²) in [4.78, 5) is 0. The maximum absolute atomic E-state index is 2.39. The molecule has 0 aliphatic heterocycles. The summed E-state index contributed by atoms with van der Waals surface area (Å²) in [6, 6.07) is 0. The fourth-order valence-electron chi connectivity index (χ4n) is 1.75. The highest BCUT2D eigenvalue weighted by Gasteiger charge is 2.25. The molecule has 0 atom stereocenters. The Hall–Kier alpha value is 0. The van der Waals surface area contributed by atoms with Gasteiger partial charge in [-0.05, 0) is 43.4 Å². The first kappa shape index (κ1) is 8.10. The third-order valence-corrected chi connectivity index (χ3v) is 2.86. The monoisotopic (exact) mass is 139 g/mol. The molecular formula is C10H19. The minimum atomic E-state index is 0.638. The predicted molar refractivity (Wildman–Crippen MR) is 45.7 cm³/mol. The summed E-state index contributed by atoms with van der Waals surface area (Å²) in [7, 11) is 0. The Morgan fingerprint density at radius 3 is 2.10 bits per heavy atom. The molecule has 0 aromatic carbocycles. The molecule has 0 bridgehead atoms. The third-order valence-electron chi connectivity index (χ3n) is 2.86. The fraction of sp³-hybridized carbons (Fsp3) is 0.900. The molecule has 0 saturated heterocycles. The maximum atomic E-state index is 2.39. The molecule has 0 aromatic heterocycles. The van der Waals surface area contributed by atoms with Crippen LogP contribution in [-0.4, -0.2) is 0 Å². The van der Waals surface area contributed by atoms with E-state index in [1.54, 1.807) is 0 Å². The molecule has 0 heterocycles. The van der Waals surface area contributed by atoms with Crippen molar-refractivity contribution in [3.8, 4) is 0 Å². The molecule has 1 fully saturated rings. The molecule has 0 nitrogen and oxygen atoms in total. The molecule has 1 aliphatic carbocycles. The lowest BCUT2D eigenvalue weighted by atomic mass is 9.72. The van der Waals surface area contributed by atoms with Crippen molar-refractivity contribution in [1.82, 2.24) is 0 Å². The van der Waals surface area contributed by atoms with Crippen molar-refractivity contribution in [3.05, 3.63) is 6.42 Å². The molecular weight excluding hydrogens is 120 g/mol. The van der Waals surface area contributed by atoms with Crippen LogP contribution in [0.25, 0.3) is 0 Å². The summed E-state index contributed by atoms with van der Waals surface area (Å²) in [5.41, 5.74) is 0.638. The van der Waals surface area contributed by atoms with Crippen LogP contribution in [0.15, 0.2) is 0 Å². The van der Waals surface area contributed by atoms with Gasteiger partial charge >= 0.3 is 0 Å². The molecule has 0 amide bonds. The first-order valence-electron chi connectivity index (χ1n) is 4.43. The Labute approximate surface area is 65.0 Å². The lowest BCUT2D eigenvalue weighted by molar-refractivity contribution is 0.207. The second kappa shape index (κ2) is 2.94. The van der Waals surface area contributed by atoms with E-state index in [4.69, 9.17) is 0 Å². The molecule has 1 radical (unpaired) electrons. The van der Waals surface area contributed by atoms with Crippen LogP contribution in [0, 0.1) is 17.8 Å². The Balaban J connectivity index is 2.31. The highest BCUT2D eigenvalue weighted by atomic mass is 14.3. The first-order chi connectivity index (χ1) is 4.64. The van der Waals surface area contributed by atoms with Gasteiger partial charge in [0, 0.05) is 0 Å². The first-order valence-corrected chi connectivity index (χ1v) is 4.43. The van der Waals surface area contributed by atoms with Crippen molar-refractivity contribution in [2.75, 3.05) is 0 Å². The second-order valence-electron chi connectivity index (χ2n) is 4.33. The van der Waals surface area contributed by atoms with Crippen molar-refractivity contribution >= 4 is 0 Å². The summed E-state index contributed by atoms with van der Waals surface area (Å²) in [6.07, 6.45) is 8.05. The van der Waals surface area contributed by atoms with Crippen LogP contribution in [0.3, 0.4) is 0 Å². The van der Waals surface area contributed by atoms with Gasteiger partial charge in [0.1, 0.15) is 0 Å². The van der Waals surface area contributed by atoms with Crippen molar-refractivity contribution < 1.29 is 0 Å². The van der Waals surface area contributed by atoms with Crippen molar-refractivity contribution in [2.45, 2.75) is 46.5 Å². The van der Waals surface area contributed by atoms with Gasteiger partial charge in [-0.2, -0.15) is 0 Å². The van der Waals surface area contributed by atoms with Gasteiger partial charge in [0.25, 0.3) is 0 Å². The minimum Gasteiger partial charge on any atom is -0.0620 e. The van der Waals surface area contributed by atoms with Gasteiger partial charge in [-0.3, -0.25) is 0 Å². The lowest BCUT2D eigenvalue weighted by Gasteiger charge is -2.33. The highest BCUT2D eigenvalue weighted by molar-refractivity contribution is 4.83. The standard InChI is InChI=1S/C10H19/c1-4-9-5-7-10(2,3)8-6-9/h4,9H,5-8H2,1-3H3. The number of rotatable bonds is 1. The van der Waals surface area contributed by atoms with E-state index in [2.05, 4.69) is 27.2 Å². The summed E-state index contributed by atoms with van der Waals surface area (Å²) in [5.74, 6) is 0.924. The van der Waals surface area contributed by atoms with Crippen LogP contribution in [0.1, 0.15) is 46.5 Å². The zero-order valence-electron chi connectivity index (χ0n) is 7.48. The number of hydrogen-bond donors (Lipinski definition) is 0. The summed E-state index contributed by atoms with van der Waals surface area (Å²) >= 11 is 0. The molecule has 0 N–H and O–H groups in total. The van der Waals surface area contributed by atoms with Crippen LogP contribution in [0.4, 0.5) is 0 Å². The Morgan fingerprint density at radius 2 is 1.70 bits per heavy atom. The van der Waals surface area contributed by atoms with Crippen molar-refractivity contribution in [2.24, 2.45) is 11.3 Å². The minimum absolute atomic E-state index is 0.638. The van der Waals surface area contributed by atoms with Gasteiger partial charge in [-0.15, -0.1) is 0 Å². The second-order valence-corrected chi connectivity index (χ2v) is 4.33. The zero-order valence-corrected chi connectivity index (χ0v) is 7.48. The molecule has 10 heavy (non-hydrogen) atoms. The quantitative estimate of drug-likeness (QED) is 0.522. The Kier molecular flexibility index (Phi) is 2.38. The van der Waals surface area contributed by atoms with E-state index >= 15 is 0 Å². The highest BCUT2D eigenvalue weighted by Crippen LogP contribution is 2.38. The van der Waals surface area contributed by atoms with Crippen LogP contribution in [-0.2, 0) is 0 Å². The molecule has 0 aromatic rings. The summed E-state index contributed by atoms with van der Waals surface area (Å²) in [5, 5.41) is 0. The predicted octanol–water partition coefficient (Wildman–Crippen LogP) is 3.43. The fourth-order valence-corrected chi connectivity index (χ4v) is 1.75. The lowest BCUT2D eigenvalue weighted by Crippen LogP contribution is -2.20. The number of hydrogen-bond acceptors (Lipinski definition) is 0. The van der Waals surface area contributed by atoms with Gasteiger partial charge in [0.15, 0.2) is 0 Å². The van der Waals surface area contributed by atoms with Crippen LogP contribution < -0.4 is 0 Å². The van der Waals surface area contributed by atoms with Crippen LogP contribution in [0.2, 0.25) is 0 Å². The molecule has 0 spiro atoms. The van der Waals surface area contributed by atoms with Crippen molar-refractivity contribution in [1.29, 1.82) is 0 Å². The van der Waals surface area contributed by atoms with E-state index in [0.717, 1.165) is 5.92 Å². The molecule has 1 aliphatic rings. The zero-order chi connectivity index (χ0) is 7.61. The van der Waals surface area contributed by atoms with E-state index in [-0.39, 0.29) is 0 Å². The topological polar surface area (TPSA) is 0 Å². The van der Waals surface area contributed by atoms with Gasteiger partial charge in [0.05, 0.1) is 0 Å². The molecule has 1 rings (SSSR count). The SMILES string of the molecule is C[CH]C1CCC(C)(C)CC1. The van der Waals surface area contributed by atoms with E-state index in [9.17, 15) is 0 Å². The summed E-state index contributed by atoms with van der Waals surface area (Å²) in [6.45, 7) is 6.97. The average Bonchev–Trinajstić information content (AvgIpc) is 1.88. The normalized spacial score (nSPS) is 26.7. The van der Waals surface area contributed by atoms with Crippen molar-refractivity contribution in [3.63, 3.8) is 0 Å². The van der Waals surface area contributed by atoms with E-state index in [1.807, 2.05) is 0 Å². The van der Waals surface area contributed by atoms with E-state index in [0.29, 0.717) is 5.41 Å². The largest absolute Gasteiger partial charge is 0.0620 e. The van der Waals surface area contributed by atoms with Gasteiger partial charge in [-0.1, -0.05) is 20.8 Å². The van der Waals surface area contributed by atoms with Gasteiger partial charge < -0.3 is 0 Å².